The van der Waals surface area contributed by atoms with Crippen LogP contribution >= 0.6 is 0 Å². The third kappa shape index (κ3) is 3.38. The van der Waals surface area contributed by atoms with E-state index in [1.54, 1.807) is 0 Å². The average molecular weight is 325 g/mol. The van der Waals surface area contributed by atoms with Crippen molar-refractivity contribution in [1.82, 2.24) is 4.98 Å². The van der Waals surface area contributed by atoms with Crippen LogP contribution in [0, 0.1) is 32.1 Å². The van der Waals surface area contributed by atoms with Gasteiger partial charge in [0.1, 0.15) is 11.8 Å². The van der Waals surface area contributed by atoms with Gasteiger partial charge in [0.2, 0.25) is 17.5 Å². The van der Waals surface area contributed by atoms with E-state index in [0.717, 1.165) is 42.8 Å². The lowest BCUT2D eigenvalue weighted by Gasteiger charge is -2.25. The van der Waals surface area contributed by atoms with Crippen LogP contribution in [-0.2, 0) is 6.61 Å². The zero-order chi connectivity index (χ0) is 17.1. The molecule has 1 aromatic carbocycles. The van der Waals surface area contributed by atoms with Crippen molar-refractivity contribution in [2.24, 2.45) is 0 Å². The topological polar surface area (TPSA) is 62.3 Å². The third-order valence-electron chi connectivity index (χ3n) is 4.35. The van der Waals surface area contributed by atoms with Crippen molar-refractivity contribution in [2.45, 2.75) is 46.6 Å². The lowest BCUT2D eigenvalue weighted by Crippen LogP contribution is -2.29. The summed E-state index contributed by atoms with van der Waals surface area (Å²) >= 11 is 0. The molecule has 0 amide bonds. The fraction of sp³-hybridized carbons (Fsp3) is 0.474. The first-order chi connectivity index (χ1) is 11.6. The Kier molecular flexibility index (Phi) is 4.75. The molecule has 0 bridgehead atoms. The van der Waals surface area contributed by atoms with Gasteiger partial charge in [0.25, 0.3) is 0 Å². The van der Waals surface area contributed by atoms with Crippen LogP contribution in [0.2, 0.25) is 0 Å². The SMILES string of the molecule is Cc1cc(C)c(OCc2nc(C#N)c(N3CCCCC3)o2)c(C)c1. The Morgan fingerprint density at radius 1 is 1.17 bits per heavy atom. The van der Waals surface area contributed by atoms with Crippen molar-refractivity contribution in [1.29, 1.82) is 5.26 Å². The molecular weight excluding hydrogens is 302 g/mol. The predicted octanol–water partition coefficient (Wildman–Crippen LogP) is 4.04. The van der Waals surface area contributed by atoms with Gasteiger partial charge in [0, 0.05) is 13.1 Å². The Morgan fingerprint density at radius 2 is 1.83 bits per heavy atom. The highest BCUT2D eigenvalue weighted by molar-refractivity contribution is 5.48. The molecule has 126 valence electrons. The number of anilines is 1. The summed E-state index contributed by atoms with van der Waals surface area (Å²) in [5.41, 5.74) is 3.76. The van der Waals surface area contributed by atoms with E-state index >= 15 is 0 Å². The zero-order valence-electron chi connectivity index (χ0n) is 14.6. The van der Waals surface area contributed by atoms with E-state index in [0.29, 0.717) is 17.5 Å². The smallest absolute Gasteiger partial charge is 0.236 e. The molecule has 0 spiro atoms. The van der Waals surface area contributed by atoms with Gasteiger partial charge in [-0.15, -0.1) is 0 Å². The first-order valence-electron chi connectivity index (χ1n) is 8.44. The van der Waals surface area contributed by atoms with Crippen molar-refractivity contribution in [3.63, 3.8) is 0 Å². The van der Waals surface area contributed by atoms with E-state index in [1.807, 2.05) is 13.8 Å². The minimum atomic E-state index is 0.229. The van der Waals surface area contributed by atoms with Gasteiger partial charge in [-0.2, -0.15) is 10.2 Å². The van der Waals surface area contributed by atoms with Gasteiger partial charge in [-0.1, -0.05) is 17.7 Å². The first-order valence-corrected chi connectivity index (χ1v) is 8.44. The number of benzene rings is 1. The van der Waals surface area contributed by atoms with Gasteiger partial charge in [0.15, 0.2) is 6.61 Å². The molecule has 1 saturated heterocycles. The summed E-state index contributed by atoms with van der Waals surface area (Å²) in [7, 11) is 0. The molecule has 1 fully saturated rings. The van der Waals surface area contributed by atoms with E-state index < -0.39 is 0 Å². The number of ether oxygens (including phenoxy) is 1. The molecule has 0 atom stereocenters. The molecule has 5 heteroatoms. The second-order valence-electron chi connectivity index (χ2n) is 6.44. The predicted molar refractivity (Wildman–Crippen MR) is 92.3 cm³/mol. The normalized spacial score (nSPS) is 14.5. The Bertz CT molecular complexity index is 744. The summed E-state index contributed by atoms with van der Waals surface area (Å²) < 4.78 is 11.8. The molecular formula is C19H23N3O2. The summed E-state index contributed by atoms with van der Waals surface area (Å²) in [6, 6.07) is 6.33. The van der Waals surface area contributed by atoms with Crippen LogP contribution in [0.1, 0.15) is 47.5 Å². The molecule has 1 aliphatic heterocycles. The van der Waals surface area contributed by atoms with E-state index in [4.69, 9.17) is 9.15 Å². The van der Waals surface area contributed by atoms with Crippen molar-refractivity contribution in [3.05, 3.63) is 40.4 Å². The highest BCUT2D eigenvalue weighted by atomic mass is 16.5. The van der Waals surface area contributed by atoms with Gasteiger partial charge in [-0.25, -0.2) is 0 Å². The average Bonchev–Trinajstić information content (AvgIpc) is 2.98. The van der Waals surface area contributed by atoms with Gasteiger partial charge in [0.05, 0.1) is 0 Å². The highest BCUT2D eigenvalue weighted by Crippen LogP contribution is 2.28. The fourth-order valence-electron chi connectivity index (χ4n) is 3.33. The molecule has 0 unspecified atom stereocenters. The maximum Gasteiger partial charge on any atom is 0.236 e. The van der Waals surface area contributed by atoms with Gasteiger partial charge in [-0.3, -0.25) is 0 Å². The second kappa shape index (κ2) is 6.96. The molecule has 3 rings (SSSR count). The maximum atomic E-state index is 9.33. The van der Waals surface area contributed by atoms with E-state index in [1.165, 1.54) is 12.0 Å². The van der Waals surface area contributed by atoms with Crippen LogP contribution in [0.25, 0.3) is 0 Å². The Morgan fingerprint density at radius 3 is 2.46 bits per heavy atom. The number of hydrogen-bond donors (Lipinski definition) is 0. The van der Waals surface area contributed by atoms with Crippen LogP contribution in [0.15, 0.2) is 16.5 Å². The number of rotatable bonds is 4. The number of aromatic nitrogens is 1. The Hall–Kier alpha value is -2.48. The lowest BCUT2D eigenvalue weighted by molar-refractivity contribution is 0.260. The molecule has 0 N–H and O–H groups in total. The van der Waals surface area contributed by atoms with Crippen LogP contribution in [-0.4, -0.2) is 18.1 Å². The van der Waals surface area contributed by atoms with Crippen molar-refractivity contribution in [2.75, 3.05) is 18.0 Å². The molecule has 2 aromatic rings. The molecule has 0 aliphatic carbocycles. The van der Waals surface area contributed by atoms with Crippen molar-refractivity contribution >= 4 is 5.88 Å². The fourth-order valence-corrected chi connectivity index (χ4v) is 3.33. The molecule has 0 radical (unpaired) electrons. The van der Waals surface area contributed by atoms with E-state index in [-0.39, 0.29) is 6.61 Å². The minimum Gasteiger partial charge on any atom is -0.483 e. The Labute approximate surface area is 142 Å². The number of nitrogens with zero attached hydrogens (tertiary/aromatic N) is 3. The molecule has 0 saturated carbocycles. The summed E-state index contributed by atoms with van der Waals surface area (Å²) in [6.07, 6.45) is 3.48. The number of aryl methyl sites for hydroxylation is 3. The summed E-state index contributed by atoms with van der Waals surface area (Å²) in [5, 5.41) is 9.33. The van der Waals surface area contributed by atoms with Crippen LogP contribution < -0.4 is 9.64 Å². The van der Waals surface area contributed by atoms with E-state index in [2.05, 4.69) is 35.0 Å². The zero-order valence-corrected chi connectivity index (χ0v) is 14.6. The first kappa shape index (κ1) is 16.4. The standard InChI is InChI=1S/C19H23N3O2/c1-13-9-14(2)18(15(3)10-13)23-12-17-21-16(11-20)19(24-17)22-7-5-4-6-8-22/h9-10H,4-8,12H2,1-3H3. The molecule has 2 heterocycles. The molecule has 1 aromatic heterocycles. The monoisotopic (exact) mass is 325 g/mol. The minimum absolute atomic E-state index is 0.229. The van der Waals surface area contributed by atoms with Gasteiger partial charge < -0.3 is 14.1 Å². The van der Waals surface area contributed by atoms with E-state index in [9.17, 15) is 5.26 Å². The molecule has 5 nitrogen and oxygen atoms in total. The second-order valence-corrected chi connectivity index (χ2v) is 6.44. The number of hydrogen-bond acceptors (Lipinski definition) is 5. The van der Waals surface area contributed by atoms with Crippen LogP contribution in [0.4, 0.5) is 5.88 Å². The third-order valence-corrected chi connectivity index (χ3v) is 4.35. The Balaban J connectivity index is 1.77. The van der Waals surface area contributed by atoms with Crippen LogP contribution in [0.3, 0.4) is 0 Å². The number of piperidine rings is 1. The number of oxazole rings is 1. The van der Waals surface area contributed by atoms with Gasteiger partial charge in [-0.05, 0) is 51.2 Å². The van der Waals surface area contributed by atoms with Crippen molar-refractivity contribution in [3.8, 4) is 11.8 Å². The van der Waals surface area contributed by atoms with Crippen molar-refractivity contribution < 1.29 is 9.15 Å². The number of nitriles is 1. The lowest BCUT2D eigenvalue weighted by atomic mass is 10.1. The summed E-state index contributed by atoms with van der Waals surface area (Å²) in [5.74, 6) is 1.90. The largest absolute Gasteiger partial charge is 0.483 e. The molecule has 24 heavy (non-hydrogen) atoms. The summed E-state index contributed by atoms with van der Waals surface area (Å²) in [6.45, 7) is 8.20. The molecule has 1 aliphatic rings. The van der Waals surface area contributed by atoms with Gasteiger partial charge >= 0.3 is 0 Å². The van der Waals surface area contributed by atoms with Crippen LogP contribution in [0.5, 0.6) is 5.75 Å². The highest BCUT2D eigenvalue weighted by Gasteiger charge is 2.21. The maximum absolute atomic E-state index is 9.33. The quantitative estimate of drug-likeness (QED) is 0.849. The summed E-state index contributed by atoms with van der Waals surface area (Å²) in [4.78, 5) is 6.41.